The minimum Gasteiger partial charge on any atom is -0.393 e. The molecule has 0 aliphatic rings. The lowest BCUT2D eigenvalue weighted by Crippen LogP contribution is -2.37. The van der Waals surface area contributed by atoms with Crippen LogP contribution in [-0.2, 0) is 0 Å². The van der Waals surface area contributed by atoms with E-state index < -0.39 is 0 Å². The smallest absolute Gasteiger partial charge is 0.0768 e. The van der Waals surface area contributed by atoms with Crippen molar-refractivity contribution in [3.8, 4) is 0 Å². The summed E-state index contributed by atoms with van der Waals surface area (Å²) < 4.78 is 0. The highest BCUT2D eigenvalue weighted by Crippen LogP contribution is 2.00. The van der Waals surface area contributed by atoms with Crippen molar-refractivity contribution in [2.75, 3.05) is 40.3 Å². The number of hydrogen-bond acceptors (Lipinski definition) is 3. The topological polar surface area (TPSA) is 32.5 Å². The van der Waals surface area contributed by atoms with Crippen LogP contribution in [0.15, 0.2) is 0 Å². The van der Waals surface area contributed by atoms with Crippen molar-refractivity contribution in [3.05, 3.63) is 0 Å². The molecule has 0 rings (SSSR count). The molecule has 0 aromatic rings. The average Bonchev–Trinajstić information content (AvgIpc) is 2.11. The fourth-order valence-electron chi connectivity index (χ4n) is 1.20. The molecular formula is C10H23N3S. The molecule has 0 heterocycles. The van der Waals surface area contributed by atoms with Crippen LogP contribution in [0.2, 0.25) is 0 Å². The molecule has 0 bridgehead atoms. The van der Waals surface area contributed by atoms with Gasteiger partial charge in [0.15, 0.2) is 0 Å². The molecule has 0 aromatic heterocycles. The Kier molecular flexibility index (Phi) is 7.05. The lowest BCUT2D eigenvalue weighted by molar-refractivity contribution is 0.240. The average molecular weight is 217 g/mol. The third-order valence-corrected chi connectivity index (χ3v) is 2.73. The van der Waals surface area contributed by atoms with Crippen molar-refractivity contribution in [1.29, 1.82) is 0 Å². The number of nitrogens with two attached hydrogens (primary N) is 1. The monoisotopic (exact) mass is 217 g/mol. The third kappa shape index (κ3) is 6.29. The van der Waals surface area contributed by atoms with Gasteiger partial charge >= 0.3 is 0 Å². The van der Waals surface area contributed by atoms with Crippen molar-refractivity contribution in [2.45, 2.75) is 13.8 Å². The predicted octanol–water partition coefficient (Wildman–Crippen LogP) is 0.792. The number of hydrogen-bond donors (Lipinski definition) is 1. The molecule has 0 aromatic carbocycles. The van der Waals surface area contributed by atoms with E-state index in [4.69, 9.17) is 18.0 Å². The second kappa shape index (κ2) is 7.15. The van der Waals surface area contributed by atoms with Gasteiger partial charge in [-0.25, -0.2) is 0 Å². The van der Waals surface area contributed by atoms with Gasteiger partial charge in [-0.2, -0.15) is 0 Å². The number of rotatable bonds is 7. The van der Waals surface area contributed by atoms with E-state index in [1.165, 1.54) is 0 Å². The van der Waals surface area contributed by atoms with Gasteiger partial charge in [-0.3, -0.25) is 0 Å². The zero-order valence-electron chi connectivity index (χ0n) is 9.79. The Morgan fingerprint density at radius 2 is 1.93 bits per heavy atom. The normalized spacial score (nSPS) is 13.6. The molecule has 84 valence electrons. The summed E-state index contributed by atoms with van der Waals surface area (Å²) in [5.41, 5.74) is 5.59. The van der Waals surface area contributed by atoms with E-state index in [0.717, 1.165) is 26.2 Å². The van der Waals surface area contributed by atoms with Gasteiger partial charge in [0.25, 0.3) is 0 Å². The lowest BCUT2D eigenvalue weighted by atomic mass is 10.1. The zero-order valence-corrected chi connectivity index (χ0v) is 10.6. The van der Waals surface area contributed by atoms with E-state index in [9.17, 15) is 0 Å². The van der Waals surface area contributed by atoms with Gasteiger partial charge in [0.2, 0.25) is 0 Å². The van der Waals surface area contributed by atoms with E-state index in [0.29, 0.717) is 10.9 Å². The Labute approximate surface area is 93.2 Å². The van der Waals surface area contributed by atoms with Crippen LogP contribution in [0.25, 0.3) is 0 Å². The van der Waals surface area contributed by atoms with Gasteiger partial charge in [0.1, 0.15) is 0 Å². The van der Waals surface area contributed by atoms with Crippen LogP contribution in [0, 0.1) is 5.92 Å². The molecule has 2 N–H and O–H groups in total. The van der Waals surface area contributed by atoms with Gasteiger partial charge in [0, 0.05) is 25.6 Å². The SMILES string of the molecule is CCN(CCN(C)C)CC(C)C(N)=S. The summed E-state index contributed by atoms with van der Waals surface area (Å²) in [5, 5.41) is 0. The molecule has 0 saturated carbocycles. The fourth-order valence-corrected chi connectivity index (χ4v) is 1.27. The van der Waals surface area contributed by atoms with Gasteiger partial charge in [0.05, 0.1) is 4.99 Å². The quantitative estimate of drug-likeness (QED) is 0.639. The molecule has 1 unspecified atom stereocenters. The van der Waals surface area contributed by atoms with Crippen molar-refractivity contribution in [1.82, 2.24) is 9.80 Å². The summed E-state index contributed by atoms with van der Waals surface area (Å²) in [6.07, 6.45) is 0. The van der Waals surface area contributed by atoms with E-state index in [-0.39, 0.29) is 0 Å². The van der Waals surface area contributed by atoms with Crippen LogP contribution in [-0.4, -0.2) is 55.1 Å². The first-order valence-corrected chi connectivity index (χ1v) is 5.54. The standard InChI is InChI=1S/C10H23N3S/c1-5-13(7-6-12(3)4)8-9(2)10(11)14/h9H,5-8H2,1-4H3,(H2,11,14). The maximum atomic E-state index is 5.59. The summed E-state index contributed by atoms with van der Waals surface area (Å²) in [7, 11) is 4.18. The summed E-state index contributed by atoms with van der Waals surface area (Å²) in [5.74, 6) is 0.312. The van der Waals surface area contributed by atoms with E-state index in [1.54, 1.807) is 0 Å². The summed E-state index contributed by atoms with van der Waals surface area (Å²) in [6.45, 7) is 8.44. The minimum absolute atomic E-state index is 0.312. The second-order valence-corrected chi connectivity index (χ2v) is 4.47. The highest BCUT2D eigenvalue weighted by Gasteiger charge is 2.10. The predicted molar refractivity (Wildman–Crippen MR) is 66.6 cm³/mol. The third-order valence-electron chi connectivity index (χ3n) is 2.33. The Bertz CT molecular complexity index is 171. The van der Waals surface area contributed by atoms with E-state index in [1.807, 2.05) is 0 Å². The molecular weight excluding hydrogens is 194 g/mol. The summed E-state index contributed by atoms with van der Waals surface area (Å²) >= 11 is 4.96. The molecule has 0 saturated heterocycles. The first kappa shape index (κ1) is 13.8. The summed E-state index contributed by atoms with van der Waals surface area (Å²) in [6, 6.07) is 0. The van der Waals surface area contributed by atoms with Crippen LogP contribution >= 0.6 is 12.2 Å². The van der Waals surface area contributed by atoms with Crippen LogP contribution < -0.4 is 5.73 Å². The molecule has 0 spiro atoms. The summed E-state index contributed by atoms with van der Waals surface area (Å²) in [4.78, 5) is 5.19. The highest BCUT2D eigenvalue weighted by atomic mass is 32.1. The van der Waals surface area contributed by atoms with Crippen LogP contribution in [0.1, 0.15) is 13.8 Å². The molecule has 1 atom stereocenters. The largest absolute Gasteiger partial charge is 0.393 e. The molecule has 14 heavy (non-hydrogen) atoms. The number of thiocarbonyl (C=S) groups is 1. The van der Waals surface area contributed by atoms with E-state index >= 15 is 0 Å². The Hall–Kier alpha value is -0.190. The molecule has 3 nitrogen and oxygen atoms in total. The van der Waals surface area contributed by atoms with Crippen molar-refractivity contribution < 1.29 is 0 Å². The Balaban J connectivity index is 3.84. The van der Waals surface area contributed by atoms with E-state index in [2.05, 4.69) is 37.7 Å². The zero-order chi connectivity index (χ0) is 11.1. The van der Waals surface area contributed by atoms with Crippen LogP contribution in [0.4, 0.5) is 0 Å². The highest BCUT2D eigenvalue weighted by molar-refractivity contribution is 7.80. The molecule has 4 heteroatoms. The minimum atomic E-state index is 0.312. The van der Waals surface area contributed by atoms with Gasteiger partial charge in [-0.15, -0.1) is 0 Å². The number of nitrogens with zero attached hydrogens (tertiary/aromatic N) is 2. The van der Waals surface area contributed by atoms with Crippen LogP contribution in [0.3, 0.4) is 0 Å². The van der Waals surface area contributed by atoms with Gasteiger partial charge < -0.3 is 15.5 Å². The van der Waals surface area contributed by atoms with Gasteiger partial charge in [-0.1, -0.05) is 26.1 Å². The number of likely N-dealkylation sites (N-methyl/N-ethyl adjacent to an activating group) is 2. The molecule has 0 radical (unpaired) electrons. The molecule has 0 amide bonds. The van der Waals surface area contributed by atoms with Crippen molar-refractivity contribution in [2.24, 2.45) is 11.7 Å². The second-order valence-electron chi connectivity index (χ2n) is 4.00. The Morgan fingerprint density at radius 1 is 1.36 bits per heavy atom. The maximum absolute atomic E-state index is 5.59. The van der Waals surface area contributed by atoms with Gasteiger partial charge in [-0.05, 0) is 20.6 Å². The lowest BCUT2D eigenvalue weighted by Gasteiger charge is -2.25. The Morgan fingerprint density at radius 3 is 2.29 bits per heavy atom. The van der Waals surface area contributed by atoms with Crippen molar-refractivity contribution >= 4 is 17.2 Å². The fraction of sp³-hybridized carbons (Fsp3) is 0.900. The van der Waals surface area contributed by atoms with Crippen molar-refractivity contribution in [3.63, 3.8) is 0 Å². The maximum Gasteiger partial charge on any atom is 0.0768 e. The molecule has 0 fully saturated rings. The molecule has 0 aliphatic carbocycles. The first-order chi connectivity index (χ1) is 6.47. The molecule has 0 aliphatic heterocycles. The van der Waals surface area contributed by atoms with Crippen LogP contribution in [0.5, 0.6) is 0 Å². The first-order valence-electron chi connectivity index (χ1n) is 5.13.